The van der Waals surface area contributed by atoms with E-state index in [1.165, 1.54) is 23.3 Å². The second kappa shape index (κ2) is 7.19. The lowest BCUT2D eigenvalue weighted by Gasteiger charge is -2.17. The molecule has 1 aromatic heterocycles. The summed E-state index contributed by atoms with van der Waals surface area (Å²) in [5.74, 6) is -0.417. The molecule has 2 aliphatic rings. The van der Waals surface area contributed by atoms with Crippen molar-refractivity contribution >= 4 is 34.0 Å². The molecule has 2 aromatic rings. The minimum absolute atomic E-state index is 0.00725. The normalized spacial score (nSPS) is 19.5. The van der Waals surface area contributed by atoms with Crippen molar-refractivity contribution in [2.75, 3.05) is 16.8 Å². The number of benzene rings is 1. The summed E-state index contributed by atoms with van der Waals surface area (Å²) in [5.41, 5.74) is 3.24. The van der Waals surface area contributed by atoms with Crippen LogP contribution in [-0.2, 0) is 28.9 Å². The minimum Gasteiger partial charge on any atom is -0.312 e. The van der Waals surface area contributed by atoms with E-state index in [9.17, 15) is 9.59 Å². The molecule has 1 saturated heterocycles. The van der Waals surface area contributed by atoms with E-state index in [1.807, 2.05) is 24.3 Å². The zero-order chi connectivity index (χ0) is 18.1. The quantitative estimate of drug-likeness (QED) is 0.896. The van der Waals surface area contributed by atoms with Crippen molar-refractivity contribution in [1.82, 2.24) is 4.98 Å². The average Bonchev–Trinajstić information content (AvgIpc) is 3.24. The van der Waals surface area contributed by atoms with Crippen molar-refractivity contribution in [1.29, 1.82) is 0 Å². The fourth-order valence-corrected chi connectivity index (χ4v) is 4.71. The number of anilines is 2. The standard InChI is InChI=1S/C20H23N3O2S/c1-2-13-7-9-15(10-8-13)23-12-14(11-18(23)24)19(25)22-20-21-16-5-3-4-6-17(16)26-20/h7-10,14H,2-6,11-12H2,1H3,(H,21,22,25). The molecular formula is C20H23N3O2S. The van der Waals surface area contributed by atoms with E-state index in [1.54, 1.807) is 16.2 Å². The van der Waals surface area contributed by atoms with Crippen LogP contribution in [-0.4, -0.2) is 23.3 Å². The summed E-state index contributed by atoms with van der Waals surface area (Å²) in [6.45, 7) is 2.54. The number of carbonyl (C=O) groups excluding carboxylic acids is 2. The van der Waals surface area contributed by atoms with Crippen LogP contribution in [0.25, 0.3) is 0 Å². The van der Waals surface area contributed by atoms with Crippen LogP contribution in [0.5, 0.6) is 0 Å². The second-order valence-electron chi connectivity index (χ2n) is 7.01. The highest BCUT2D eigenvalue weighted by Crippen LogP contribution is 2.31. The Morgan fingerprint density at radius 1 is 1.27 bits per heavy atom. The number of nitrogens with one attached hydrogen (secondary N) is 1. The van der Waals surface area contributed by atoms with Crippen LogP contribution in [0.3, 0.4) is 0 Å². The number of aryl methyl sites for hydroxylation is 3. The van der Waals surface area contributed by atoms with Crippen LogP contribution in [0, 0.1) is 5.92 Å². The molecule has 1 aromatic carbocycles. The van der Waals surface area contributed by atoms with Gasteiger partial charge in [0.25, 0.3) is 0 Å². The maximum Gasteiger partial charge on any atom is 0.231 e. The lowest BCUT2D eigenvalue weighted by atomic mass is 10.0. The van der Waals surface area contributed by atoms with Gasteiger partial charge in [-0.2, -0.15) is 0 Å². The molecule has 1 N–H and O–H groups in total. The van der Waals surface area contributed by atoms with Gasteiger partial charge in [-0.05, 0) is 49.8 Å². The Morgan fingerprint density at radius 2 is 2.04 bits per heavy atom. The first-order valence-electron chi connectivity index (χ1n) is 9.33. The number of carbonyl (C=O) groups is 2. The summed E-state index contributed by atoms with van der Waals surface area (Å²) in [7, 11) is 0. The number of nitrogens with zero attached hydrogens (tertiary/aromatic N) is 2. The Morgan fingerprint density at radius 3 is 2.77 bits per heavy atom. The lowest BCUT2D eigenvalue weighted by molar-refractivity contribution is -0.122. The Labute approximate surface area is 157 Å². The van der Waals surface area contributed by atoms with Gasteiger partial charge in [-0.15, -0.1) is 11.3 Å². The van der Waals surface area contributed by atoms with Crippen LogP contribution < -0.4 is 10.2 Å². The summed E-state index contributed by atoms with van der Waals surface area (Å²) in [6.07, 6.45) is 5.67. The van der Waals surface area contributed by atoms with Gasteiger partial charge in [0.1, 0.15) is 0 Å². The van der Waals surface area contributed by atoms with Crippen molar-refractivity contribution in [3.8, 4) is 0 Å². The molecule has 0 radical (unpaired) electrons. The third-order valence-electron chi connectivity index (χ3n) is 5.23. The summed E-state index contributed by atoms with van der Waals surface area (Å²) in [6, 6.07) is 8.00. The number of hydrogen-bond acceptors (Lipinski definition) is 4. The van der Waals surface area contributed by atoms with Crippen molar-refractivity contribution in [3.05, 3.63) is 40.4 Å². The largest absolute Gasteiger partial charge is 0.312 e. The van der Waals surface area contributed by atoms with Gasteiger partial charge in [-0.1, -0.05) is 19.1 Å². The van der Waals surface area contributed by atoms with Crippen molar-refractivity contribution in [2.45, 2.75) is 45.4 Å². The maximum atomic E-state index is 12.6. The van der Waals surface area contributed by atoms with E-state index < -0.39 is 0 Å². The van der Waals surface area contributed by atoms with E-state index >= 15 is 0 Å². The van der Waals surface area contributed by atoms with Gasteiger partial charge in [0.2, 0.25) is 11.8 Å². The predicted molar refractivity (Wildman–Crippen MR) is 104 cm³/mol. The van der Waals surface area contributed by atoms with Gasteiger partial charge < -0.3 is 10.2 Å². The van der Waals surface area contributed by atoms with Crippen LogP contribution in [0.4, 0.5) is 10.8 Å². The molecule has 1 aliphatic heterocycles. The van der Waals surface area contributed by atoms with E-state index in [-0.39, 0.29) is 24.2 Å². The molecule has 26 heavy (non-hydrogen) atoms. The van der Waals surface area contributed by atoms with Crippen molar-refractivity contribution in [3.63, 3.8) is 0 Å². The molecule has 6 heteroatoms. The highest BCUT2D eigenvalue weighted by atomic mass is 32.1. The monoisotopic (exact) mass is 369 g/mol. The van der Waals surface area contributed by atoms with E-state index in [0.717, 1.165) is 30.6 Å². The van der Waals surface area contributed by atoms with Gasteiger partial charge in [-0.3, -0.25) is 9.59 Å². The van der Waals surface area contributed by atoms with Crippen molar-refractivity contribution in [2.24, 2.45) is 5.92 Å². The fraction of sp³-hybridized carbons (Fsp3) is 0.450. The molecule has 2 heterocycles. The molecule has 2 amide bonds. The Balaban J connectivity index is 1.42. The summed E-state index contributed by atoms with van der Waals surface area (Å²) >= 11 is 1.58. The van der Waals surface area contributed by atoms with E-state index in [2.05, 4.69) is 17.2 Å². The van der Waals surface area contributed by atoms with Crippen LogP contribution in [0.15, 0.2) is 24.3 Å². The smallest absolute Gasteiger partial charge is 0.231 e. The molecule has 136 valence electrons. The Hall–Kier alpha value is -2.21. The Bertz CT molecular complexity index is 805. The molecule has 0 spiro atoms. The molecular weight excluding hydrogens is 346 g/mol. The van der Waals surface area contributed by atoms with Crippen molar-refractivity contribution < 1.29 is 9.59 Å². The van der Waals surface area contributed by atoms with E-state index in [0.29, 0.717) is 11.7 Å². The third-order valence-corrected chi connectivity index (χ3v) is 6.30. The first-order valence-corrected chi connectivity index (χ1v) is 10.1. The van der Waals surface area contributed by atoms with Crippen LogP contribution in [0.1, 0.15) is 42.3 Å². The predicted octanol–water partition coefficient (Wildman–Crippen LogP) is 3.58. The van der Waals surface area contributed by atoms with Gasteiger partial charge in [0.15, 0.2) is 5.13 Å². The molecule has 4 rings (SSSR count). The minimum atomic E-state index is -0.325. The van der Waals surface area contributed by atoms with Crippen LogP contribution >= 0.6 is 11.3 Å². The van der Waals surface area contributed by atoms with Gasteiger partial charge >= 0.3 is 0 Å². The first kappa shape index (κ1) is 17.2. The number of rotatable bonds is 4. The molecule has 1 aliphatic carbocycles. The van der Waals surface area contributed by atoms with Gasteiger partial charge in [0.05, 0.1) is 11.6 Å². The lowest BCUT2D eigenvalue weighted by Crippen LogP contribution is -2.28. The number of fused-ring (bicyclic) bond motifs is 1. The van der Waals surface area contributed by atoms with Gasteiger partial charge in [0, 0.05) is 23.5 Å². The SMILES string of the molecule is CCc1ccc(N2CC(C(=O)Nc3nc4c(s3)CCCC4)CC2=O)cc1. The summed E-state index contributed by atoms with van der Waals surface area (Å²) in [4.78, 5) is 32.6. The second-order valence-corrected chi connectivity index (χ2v) is 8.09. The number of hydrogen-bond donors (Lipinski definition) is 1. The summed E-state index contributed by atoms with van der Waals surface area (Å²) in [5, 5.41) is 3.62. The first-order chi connectivity index (χ1) is 12.6. The number of amides is 2. The van der Waals surface area contributed by atoms with E-state index in [4.69, 9.17) is 0 Å². The molecule has 5 nitrogen and oxygen atoms in total. The third kappa shape index (κ3) is 3.38. The highest BCUT2D eigenvalue weighted by Gasteiger charge is 2.35. The molecule has 1 atom stereocenters. The molecule has 1 fully saturated rings. The molecule has 0 bridgehead atoms. The number of aromatic nitrogens is 1. The zero-order valence-electron chi connectivity index (χ0n) is 15.0. The zero-order valence-corrected chi connectivity index (χ0v) is 15.8. The Kier molecular flexibility index (Phi) is 4.76. The van der Waals surface area contributed by atoms with Gasteiger partial charge in [-0.25, -0.2) is 4.98 Å². The topological polar surface area (TPSA) is 62.3 Å². The summed E-state index contributed by atoms with van der Waals surface area (Å²) < 4.78 is 0. The number of thiazole rings is 1. The van der Waals surface area contributed by atoms with Crippen LogP contribution in [0.2, 0.25) is 0 Å². The molecule has 1 unspecified atom stereocenters. The molecule has 0 saturated carbocycles. The highest BCUT2D eigenvalue weighted by molar-refractivity contribution is 7.15. The maximum absolute atomic E-state index is 12.6. The average molecular weight is 369 g/mol. The fourth-order valence-electron chi connectivity index (χ4n) is 3.66.